The van der Waals surface area contributed by atoms with Gasteiger partial charge in [-0.1, -0.05) is 64.9 Å². The van der Waals surface area contributed by atoms with Crippen LogP contribution in [0.25, 0.3) is 0 Å². The molecule has 0 atom stereocenters. The Balaban J connectivity index is 2.36. The second-order valence-electron chi connectivity index (χ2n) is 6.69. The third-order valence-electron chi connectivity index (χ3n) is 4.33. The molecule has 2 nitrogen and oxygen atoms in total. The van der Waals surface area contributed by atoms with Crippen molar-refractivity contribution in [2.24, 2.45) is 0 Å². The summed E-state index contributed by atoms with van der Waals surface area (Å²) in [6.45, 7) is 6.60. The van der Waals surface area contributed by atoms with Gasteiger partial charge >= 0.3 is 0 Å². The van der Waals surface area contributed by atoms with Gasteiger partial charge in [0.2, 0.25) is 0 Å². The van der Waals surface area contributed by atoms with Gasteiger partial charge in [-0.2, -0.15) is 0 Å². The topological polar surface area (TPSA) is 18.5 Å². The van der Waals surface area contributed by atoms with E-state index in [2.05, 4.69) is 32.9 Å². The quantitative estimate of drug-likeness (QED) is 0.284. The molecule has 24 heavy (non-hydrogen) atoms. The molecule has 136 valence electrons. The van der Waals surface area contributed by atoms with E-state index in [4.69, 9.17) is 9.47 Å². The van der Waals surface area contributed by atoms with Crippen LogP contribution in [0.4, 0.5) is 0 Å². The molecule has 0 aromatic heterocycles. The summed E-state index contributed by atoms with van der Waals surface area (Å²) < 4.78 is 11.3. The molecule has 0 unspecified atom stereocenters. The van der Waals surface area contributed by atoms with Crippen molar-refractivity contribution < 1.29 is 9.47 Å². The van der Waals surface area contributed by atoms with Gasteiger partial charge in [0.05, 0.1) is 13.4 Å². The molecular formula is C22H36O2. The summed E-state index contributed by atoms with van der Waals surface area (Å²) in [6, 6.07) is 6.22. The summed E-state index contributed by atoms with van der Waals surface area (Å²) in [5.74, 6) is 1.62. The van der Waals surface area contributed by atoms with E-state index in [1.807, 2.05) is 12.3 Å². The van der Waals surface area contributed by atoms with Crippen LogP contribution < -0.4 is 9.47 Å². The molecular weight excluding hydrogens is 296 g/mol. The molecule has 1 rings (SSSR count). The van der Waals surface area contributed by atoms with E-state index in [1.54, 1.807) is 7.11 Å². The molecule has 0 fully saturated rings. The molecule has 2 heteroatoms. The molecule has 0 aliphatic carbocycles. The number of hydrogen-bond donors (Lipinski definition) is 0. The van der Waals surface area contributed by atoms with Gasteiger partial charge in [-0.3, -0.25) is 0 Å². The third-order valence-corrected chi connectivity index (χ3v) is 4.33. The minimum Gasteiger partial charge on any atom is -0.493 e. The average molecular weight is 333 g/mol. The lowest BCUT2D eigenvalue weighted by atomic mass is 10.1. The van der Waals surface area contributed by atoms with Crippen molar-refractivity contribution in [2.75, 3.05) is 7.11 Å². The highest BCUT2D eigenvalue weighted by Crippen LogP contribution is 2.29. The first-order valence-electron chi connectivity index (χ1n) is 9.70. The highest BCUT2D eigenvalue weighted by Gasteiger charge is 2.05. The summed E-state index contributed by atoms with van der Waals surface area (Å²) in [6.07, 6.45) is 14.6. The average Bonchev–Trinajstić information content (AvgIpc) is 2.60. The Kier molecular flexibility index (Phi) is 11.1. The van der Waals surface area contributed by atoms with E-state index >= 15 is 0 Å². The van der Waals surface area contributed by atoms with Crippen LogP contribution in [0.3, 0.4) is 0 Å². The Labute approximate surface area is 149 Å². The van der Waals surface area contributed by atoms with Crippen LogP contribution in [0.1, 0.15) is 84.1 Å². The maximum atomic E-state index is 5.85. The monoisotopic (exact) mass is 332 g/mol. The van der Waals surface area contributed by atoms with Crippen molar-refractivity contribution in [1.29, 1.82) is 0 Å². The smallest absolute Gasteiger partial charge is 0.168 e. The van der Waals surface area contributed by atoms with Gasteiger partial charge in [0.1, 0.15) is 0 Å². The summed E-state index contributed by atoms with van der Waals surface area (Å²) in [5.41, 5.74) is 2.59. The highest BCUT2D eigenvalue weighted by atomic mass is 16.5. The molecule has 0 aliphatic heterocycles. The van der Waals surface area contributed by atoms with Gasteiger partial charge in [-0.25, -0.2) is 0 Å². The molecule has 0 radical (unpaired) electrons. The van der Waals surface area contributed by atoms with Crippen LogP contribution in [0.2, 0.25) is 0 Å². The highest BCUT2D eigenvalue weighted by molar-refractivity contribution is 5.43. The Morgan fingerprint density at radius 1 is 0.917 bits per heavy atom. The van der Waals surface area contributed by atoms with Crippen molar-refractivity contribution in [2.45, 2.75) is 85.0 Å². The Hall–Kier alpha value is -1.44. The van der Waals surface area contributed by atoms with E-state index in [-0.39, 0.29) is 0 Å². The molecule has 0 spiro atoms. The second-order valence-corrected chi connectivity index (χ2v) is 6.69. The van der Waals surface area contributed by atoms with Crippen LogP contribution in [0, 0.1) is 0 Å². The fourth-order valence-electron chi connectivity index (χ4n) is 2.84. The number of hydrogen-bond acceptors (Lipinski definition) is 2. The number of unbranched alkanes of at least 4 members (excludes halogenated alkanes) is 6. The van der Waals surface area contributed by atoms with Gasteiger partial charge in [0.15, 0.2) is 11.5 Å². The van der Waals surface area contributed by atoms with Gasteiger partial charge in [0.25, 0.3) is 0 Å². The standard InChI is InChI=1S/C22H36O2/c1-5-7-8-9-10-11-12-14-19(3)18-24-21-16-15-20(13-6-2)17-22(21)23-4/h15-18H,5-14H2,1-4H3/b19-18+. The number of methoxy groups -OCH3 is 1. The molecule has 0 heterocycles. The Morgan fingerprint density at radius 3 is 2.29 bits per heavy atom. The summed E-state index contributed by atoms with van der Waals surface area (Å²) in [7, 11) is 1.70. The van der Waals surface area contributed by atoms with Crippen molar-refractivity contribution in [3.05, 3.63) is 35.6 Å². The first-order chi connectivity index (χ1) is 11.7. The van der Waals surface area contributed by atoms with Gasteiger partial charge in [0, 0.05) is 0 Å². The maximum Gasteiger partial charge on any atom is 0.168 e. The van der Waals surface area contributed by atoms with E-state index in [0.717, 1.165) is 30.8 Å². The lowest BCUT2D eigenvalue weighted by molar-refractivity contribution is 0.376. The summed E-state index contributed by atoms with van der Waals surface area (Å²) >= 11 is 0. The Bertz CT molecular complexity index is 477. The molecule has 1 aromatic carbocycles. The molecule has 0 bridgehead atoms. The number of ether oxygens (including phenoxy) is 2. The number of allylic oxidation sites excluding steroid dienone is 1. The maximum absolute atomic E-state index is 5.85. The zero-order valence-corrected chi connectivity index (χ0v) is 16.2. The molecule has 0 N–H and O–H groups in total. The van der Waals surface area contributed by atoms with Crippen molar-refractivity contribution >= 4 is 0 Å². The Morgan fingerprint density at radius 2 is 1.62 bits per heavy atom. The number of aryl methyl sites for hydroxylation is 1. The normalized spacial score (nSPS) is 11.6. The van der Waals surface area contributed by atoms with Crippen LogP contribution in [0.15, 0.2) is 30.0 Å². The summed E-state index contributed by atoms with van der Waals surface area (Å²) in [5, 5.41) is 0. The first kappa shape index (κ1) is 20.6. The first-order valence-corrected chi connectivity index (χ1v) is 9.70. The minimum atomic E-state index is 0.802. The van der Waals surface area contributed by atoms with Crippen LogP contribution in [-0.2, 0) is 6.42 Å². The summed E-state index contributed by atoms with van der Waals surface area (Å²) in [4.78, 5) is 0. The molecule has 0 amide bonds. The van der Waals surface area contributed by atoms with Crippen molar-refractivity contribution in [1.82, 2.24) is 0 Å². The fourth-order valence-corrected chi connectivity index (χ4v) is 2.84. The fraction of sp³-hybridized carbons (Fsp3) is 0.636. The van der Waals surface area contributed by atoms with Gasteiger partial charge in [-0.05, 0) is 49.5 Å². The number of benzene rings is 1. The molecule has 1 aromatic rings. The minimum absolute atomic E-state index is 0.802. The SMILES string of the molecule is CCCCCCCCC/C(C)=C/Oc1ccc(CCC)cc1OC. The van der Waals surface area contributed by atoms with Crippen LogP contribution in [0.5, 0.6) is 11.5 Å². The zero-order valence-electron chi connectivity index (χ0n) is 16.2. The lowest BCUT2D eigenvalue weighted by Gasteiger charge is -2.10. The largest absolute Gasteiger partial charge is 0.493 e. The molecule has 0 saturated heterocycles. The number of rotatable bonds is 13. The second kappa shape index (κ2) is 12.9. The molecule has 0 saturated carbocycles. The van der Waals surface area contributed by atoms with Crippen molar-refractivity contribution in [3.8, 4) is 11.5 Å². The van der Waals surface area contributed by atoms with Gasteiger partial charge in [-0.15, -0.1) is 0 Å². The van der Waals surface area contributed by atoms with Gasteiger partial charge < -0.3 is 9.47 Å². The van der Waals surface area contributed by atoms with Crippen LogP contribution in [-0.4, -0.2) is 7.11 Å². The zero-order chi connectivity index (χ0) is 17.6. The van der Waals surface area contributed by atoms with E-state index in [1.165, 1.54) is 56.1 Å². The third kappa shape index (κ3) is 8.42. The van der Waals surface area contributed by atoms with E-state index in [9.17, 15) is 0 Å². The molecule has 0 aliphatic rings. The predicted molar refractivity (Wildman–Crippen MR) is 104 cm³/mol. The van der Waals surface area contributed by atoms with E-state index < -0.39 is 0 Å². The van der Waals surface area contributed by atoms with Crippen LogP contribution >= 0.6 is 0 Å². The van der Waals surface area contributed by atoms with E-state index in [0.29, 0.717) is 0 Å². The van der Waals surface area contributed by atoms with Crippen molar-refractivity contribution in [3.63, 3.8) is 0 Å². The lowest BCUT2D eigenvalue weighted by Crippen LogP contribution is -1.93. The predicted octanol–water partition coefficient (Wildman–Crippen LogP) is 7.07.